The van der Waals surface area contributed by atoms with Gasteiger partial charge in [-0.3, -0.25) is 4.79 Å². The second-order valence-corrected chi connectivity index (χ2v) is 7.42. The van der Waals surface area contributed by atoms with Gasteiger partial charge in [0.25, 0.3) is 0 Å². The maximum Gasteiger partial charge on any atom is 0.247 e. The average Bonchev–Trinajstić information content (AvgIpc) is 2.48. The number of thioether (sulfide) groups is 1. The van der Waals surface area contributed by atoms with E-state index in [2.05, 4.69) is 4.98 Å². The summed E-state index contributed by atoms with van der Waals surface area (Å²) in [6.45, 7) is 0.274. The van der Waals surface area contributed by atoms with E-state index in [0.717, 1.165) is 10.5 Å². The van der Waals surface area contributed by atoms with E-state index in [0.29, 0.717) is 0 Å². The van der Waals surface area contributed by atoms with Crippen molar-refractivity contribution < 1.29 is 8.42 Å². The minimum atomic E-state index is -3.61. The predicted octanol–water partition coefficient (Wildman–Crippen LogP) is 1.92. The number of H-pyrrole nitrogens is 1. The molecule has 0 aliphatic rings. The molecule has 0 unspecified atom stereocenters. The van der Waals surface area contributed by atoms with E-state index in [1.165, 1.54) is 29.7 Å². The summed E-state index contributed by atoms with van der Waals surface area (Å²) in [6, 6.07) is 10.2. The van der Waals surface area contributed by atoms with Gasteiger partial charge in [0.15, 0.2) is 0 Å². The molecule has 112 valence electrons. The molecule has 0 spiro atoms. The Morgan fingerprint density at radius 2 is 1.81 bits per heavy atom. The molecule has 2 rings (SSSR count). The maximum atomic E-state index is 12.4. The minimum absolute atomic E-state index is 0.0744. The van der Waals surface area contributed by atoms with Gasteiger partial charge in [0.1, 0.15) is 0 Å². The fourth-order valence-electron chi connectivity index (χ4n) is 1.81. The summed E-state index contributed by atoms with van der Waals surface area (Å²) in [4.78, 5) is 14.6. The summed E-state index contributed by atoms with van der Waals surface area (Å²) in [6.07, 6.45) is 3.20. The zero-order chi connectivity index (χ0) is 15.5. The lowest BCUT2D eigenvalue weighted by Crippen LogP contribution is -2.27. The first kappa shape index (κ1) is 15.8. The van der Waals surface area contributed by atoms with Gasteiger partial charge in [-0.1, -0.05) is 12.1 Å². The van der Waals surface area contributed by atoms with Crippen LogP contribution in [0.4, 0.5) is 0 Å². The standard InChI is InChI=1S/C14H16N2O3S2/c1-16(10-11-3-5-12(20-2)6-4-11)21(18,19)13-7-8-14(17)15-9-13/h3-9H,10H2,1-2H3,(H,15,17). The van der Waals surface area contributed by atoms with Crippen LogP contribution >= 0.6 is 11.8 Å². The minimum Gasteiger partial charge on any atom is -0.328 e. The summed E-state index contributed by atoms with van der Waals surface area (Å²) in [5.41, 5.74) is 0.576. The highest BCUT2D eigenvalue weighted by Gasteiger charge is 2.20. The highest BCUT2D eigenvalue weighted by molar-refractivity contribution is 7.98. The molecule has 5 nitrogen and oxygen atoms in total. The van der Waals surface area contributed by atoms with Crippen molar-refractivity contribution in [2.45, 2.75) is 16.3 Å². The van der Waals surface area contributed by atoms with Crippen LogP contribution in [-0.4, -0.2) is 31.0 Å². The SMILES string of the molecule is CSc1ccc(CN(C)S(=O)(=O)c2ccc(=O)[nH]c2)cc1. The molecule has 0 aliphatic heterocycles. The van der Waals surface area contributed by atoms with Crippen molar-refractivity contribution in [1.82, 2.24) is 9.29 Å². The Morgan fingerprint density at radius 3 is 2.33 bits per heavy atom. The number of nitrogens with zero attached hydrogens (tertiary/aromatic N) is 1. The number of sulfonamides is 1. The molecule has 1 heterocycles. The number of hydrogen-bond acceptors (Lipinski definition) is 4. The third-order valence-electron chi connectivity index (χ3n) is 3.03. The van der Waals surface area contributed by atoms with Crippen LogP contribution in [0.15, 0.2) is 57.2 Å². The van der Waals surface area contributed by atoms with Gasteiger partial charge in [-0.2, -0.15) is 4.31 Å². The zero-order valence-electron chi connectivity index (χ0n) is 11.7. The van der Waals surface area contributed by atoms with Gasteiger partial charge in [0.05, 0.1) is 4.90 Å². The molecular weight excluding hydrogens is 308 g/mol. The molecule has 0 fully saturated rings. The monoisotopic (exact) mass is 324 g/mol. The largest absolute Gasteiger partial charge is 0.328 e. The number of nitrogens with one attached hydrogen (secondary N) is 1. The van der Waals surface area contributed by atoms with E-state index in [4.69, 9.17) is 0 Å². The number of aromatic amines is 1. The molecule has 7 heteroatoms. The molecule has 0 saturated heterocycles. The first-order chi connectivity index (χ1) is 9.93. The van der Waals surface area contributed by atoms with Gasteiger partial charge in [-0.05, 0) is 30.0 Å². The fraction of sp³-hybridized carbons (Fsp3) is 0.214. The molecule has 1 N–H and O–H groups in total. The second kappa shape index (κ2) is 6.46. The lowest BCUT2D eigenvalue weighted by molar-refractivity contribution is 0.466. The molecule has 2 aromatic rings. The molecule has 0 saturated carbocycles. The lowest BCUT2D eigenvalue weighted by Gasteiger charge is -2.17. The highest BCUT2D eigenvalue weighted by Crippen LogP contribution is 2.18. The van der Waals surface area contributed by atoms with Crippen LogP contribution in [0.25, 0.3) is 0 Å². The summed E-state index contributed by atoms with van der Waals surface area (Å²) >= 11 is 1.63. The summed E-state index contributed by atoms with van der Waals surface area (Å²) < 4.78 is 26.0. The van der Waals surface area contributed by atoms with Crippen LogP contribution in [0, 0.1) is 0 Å². The zero-order valence-corrected chi connectivity index (χ0v) is 13.4. The molecule has 21 heavy (non-hydrogen) atoms. The van der Waals surface area contributed by atoms with Gasteiger partial charge in [0, 0.05) is 30.8 Å². The molecule has 0 aliphatic carbocycles. The average molecular weight is 324 g/mol. The Labute approximate surface area is 128 Å². The quantitative estimate of drug-likeness (QED) is 0.853. The topological polar surface area (TPSA) is 70.2 Å². The van der Waals surface area contributed by atoms with Crippen LogP contribution in [0.2, 0.25) is 0 Å². The van der Waals surface area contributed by atoms with E-state index in [1.54, 1.807) is 11.8 Å². The number of rotatable bonds is 5. The smallest absolute Gasteiger partial charge is 0.247 e. The van der Waals surface area contributed by atoms with Crippen molar-refractivity contribution >= 4 is 21.8 Å². The Kier molecular flexibility index (Phi) is 4.87. The van der Waals surface area contributed by atoms with Gasteiger partial charge >= 0.3 is 0 Å². The number of hydrogen-bond donors (Lipinski definition) is 1. The fourth-order valence-corrected chi connectivity index (χ4v) is 3.34. The third kappa shape index (κ3) is 3.75. The van der Waals surface area contributed by atoms with Crippen LogP contribution in [0.3, 0.4) is 0 Å². The highest BCUT2D eigenvalue weighted by atomic mass is 32.2. The maximum absolute atomic E-state index is 12.4. The molecular formula is C14H16N2O3S2. The van der Waals surface area contributed by atoms with E-state index in [9.17, 15) is 13.2 Å². The first-order valence-electron chi connectivity index (χ1n) is 6.21. The summed E-state index contributed by atoms with van der Waals surface area (Å²) in [5, 5.41) is 0. The summed E-state index contributed by atoms with van der Waals surface area (Å²) in [5.74, 6) is 0. The van der Waals surface area contributed by atoms with Crippen molar-refractivity contribution in [3.8, 4) is 0 Å². The van der Waals surface area contributed by atoms with E-state index >= 15 is 0 Å². The number of benzene rings is 1. The molecule has 0 amide bonds. The van der Waals surface area contributed by atoms with Crippen molar-refractivity contribution in [1.29, 1.82) is 0 Å². The van der Waals surface area contributed by atoms with Crippen molar-refractivity contribution in [3.63, 3.8) is 0 Å². The molecule has 0 atom stereocenters. The van der Waals surface area contributed by atoms with Gasteiger partial charge in [-0.25, -0.2) is 8.42 Å². The molecule has 0 radical (unpaired) electrons. The van der Waals surface area contributed by atoms with E-state index < -0.39 is 10.0 Å². The Hall–Kier alpha value is -1.57. The van der Waals surface area contributed by atoms with E-state index in [1.807, 2.05) is 30.5 Å². The summed E-state index contributed by atoms with van der Waals surface area (Å²) in [7, 11) is -2.09. The number of aromatic nitrogens is 1. The van der Waals surface area contributed by atoms with Gasteiger partial charge in [0.2, 0.25) is 15.6 Å². The normalized spacial score (nSPS) is 11.8. The molecule has 0 bridgehead atoms. The van der Waals surface area contributed by atoms with Crippen LogP contribution in [-0.2, 0) is 16.6 Å². The van der Waals surface area contributed by atoms with Crippen LogP contribution < -0.4 is 5.56 Å². The first-order valence-corrected chi connectivity index (χ1v) is 8.88. The Morgan fingerprint density at radius 1 is 1.14 bits per heavy atom. The van der Waals surface area contributed by atoms with Crippen LogP contribution in [0.1, 0.15) is 5.56 Å². The second-order valence-electron chi connectivity index (χ2n) is 4.50. The van der Waals surface area contributed by atoms with Crippen molar-refractivity contribution in [2.24, 2.45) is 0 Å². The van der Waals surface area contributed by atoms with Crippen molar-refractivity contribution in [2.75, 3.05) is 13.3 Å². The predicted molar refractivity (Wildman–Crippen MR) is 83.9 cm³/mol. The van der Waals surface area contributed by atoms with E-state index in [-0.39, 0.29) is 17.0 Å². The van der Waals surface area contributed by atoms with Crippen molar-refractivity contribution in [3.05, 3.63) is 58.5 Å². The lowest BCUT2D eigenvalue weighted by atomic mass is 10.2. The Bertz CT molecular complexity index is 747. The molecule has 1 aromatic heterocycles. The van der Waals surface area contributed by atoms with Crippen LogP contribution in [0.5, 0.6) is 0 Å². The third-order valence-corrected chi connectivity index (χ3v) is 5.57. The molecule has 1 aromatic carbocycles. The Balaban J connectivity index is 2.19. The van der Waals surface area contributed by atoms with Gasteiger partial charge < -0.3 is 4.98 Å². The van der Waals surface area contributed by atoms with Gasteiger partial charge in [-0.15, -0.1) is 11.8 Å². The number of pyridine rings is 1.